The Morgan fingerprint density at radius 3 is 1.81 bits per heavy atom. The third-order valence-electron chi connectivity index (χ3n) is 5.87. The molecule has 0 aromatic heterocycles. The topological polar surface area (TPSA) is 74.2 Å². The van der Waals surface area contributed by atoms with Gasteiger partial charge in [0.25, 0.3) is 0 Å². The first kappa shape index (κ1) is 28.1. The fourth-order valence-corrected chi connectivity index (χ4v) is 3.78. The minimum Gasteiger partial charge on any atom is -0.485 e. The van der Waals surface area contributed by atoms with Gasteiger partial charge in [0, 0.05) is 13.0 Å². The Morgan fingerprint density at radius 2 is 1.16 bits per heavy atom. The minimum atomic E-state index is -0.636. The molecule has 0 saturated heterocycles. The van der Waals surface area contributed by atoms with Gasteiger partial charge in [-0.3, -0.25) is 0 Å². The molecule has 3 aromatic rings. The number of aliphatic hydroxyl groups excluding tert-OH is 1. The predicted octanol–water partition coefficient (Wildman–Crippen LogP) is 6.87. The van der Waals surface area contributed by atoms with E-state index in [2.05, 4.69) is 0 Å². The van der Waals surface area contributed by atoms with Gasteiger partial charge in [0.1, 0.15) is 13.2 Å². The van der Waals surface area contributed by atoms with Gasteiger partial charge >= 0.3 is 6.16 Å². The third kappa shape index (κ3) is 11.4. The highest BCUT2D eigenvalue weighted by Crippen LogP contribution is 2.30. The van der Waals surface area contributed by atoms with Crippen molar-refractivity contribution in [3.63, 3.8) is 0 Å². The van der Waals surface area contributed by atoms with Gasteiger partial charge in [-0.1, -0.05) is 92.4 Å². The Balaban J connectivity index is 1.45. The summed E-state index contributed by atoms with van der Waals surface area (Å²) >= 11 is 0. The molecule has 1 N–H and O–H groups in total. The van der Waals surface area contributed by atoms with Crippen LogP contribution in [0.15, 0.2) is 78.9 Å². The van der Waals surface area contributed by atoms with E-state index in [-0.39, 0.29) is 13.2 Å². The maximum atomic E-state index is 11.9. The smallest absolute Gasteiger partial charge is 0.485 e. The molecular weight excluding hydrogens is 468 g/mol. The SMILES string of the molecule is O=C(OCCCCCCCCO)OCCc1ccc(OCc2ccccc2)c(OCc2ccccc2)c1. The van der Waals surface area contributed by atoms with E-state index in [1.807, 2.05) is 78.9 Å². The van der Waals surface area contributed by atoms with E-state index in [1.165, 1.54) is 0 Å². The van der Waals surface area contributed by atoms with Gasteiger partial charge in [-0.25, -0.2) is 4.79 Å². The van der Waals surface area contributed by atoms with Crippen molar-refractivity contribution in [2.45, 2.75) is 58.2 Å². The van der Waals surface area contributed by atoms with Crippen LogP contribution in [0.3, 0.4) is 0 Å². The number of aliphatic hydroxyl groups is 1. The third-order valence-corrected chi connectivity index (χ3v) is 5.87. The highest BCUT2D eigenvalue weighted by Gasteiger charge is 2.10. The van der Waals surface area contributed by atoms with E-state index in [0.717, 1.165) is 55.2 Å². The van der Waals surface area contributed by atoms with Crippen LogP contribution in [0.1, 0.15) is 55.2 Å². The van der Waals surface area contributed by atoms with Crippen molar-refractivity contribution in [1.82, 2.24) is 0 Å². The summed E-state index contributed by atoms with van der Waals surface area (Å²) in [4.78, 5) is 11.9. The molecule has 0 radical (unpaired) electrons. The van der Waals surface area contributed by atoms with E-state index < -0.39 is 6.16 Å². The first-order valence-corrected chi connectivity index (χ1v) is 13.1. The molecule has 198 valence electrons. The molecule has 0 atom stereocenters. The Labute approximate surface area is 220 Å². The molecule has 0 amide bonds. The molecule has 0 heterocycles. The largest absolute Gasteiger partial charge is 0.508 e. The molecule has 3 aromatic carbocycles. The molecule has 0 spiro atoms. The molecule has 0 aliphatic carbocycles. The molecule has 0 bridgehead atoms. The number of hydrogen-bond acceptors (Lipinski definition) is 6. The van der Waals surface area contributed by atoms with Crippen LogP contribution < -0.4 is 9.47 Å². The fraction of sp³-hybridized carbons (Fsp3) is 0.387. The summed E-state index contributed by atoms with van der Waals surface area (Å²) in [5.74, 6) is 1.32. The summed E-state index contributed by atoms with van der Waals surface area (Å²) in [6.07, 6.45) is 5.80. The Kier molecular flexibility index (Phi) is 12.9. The molecule has 0 fully saturated rings. The molecule has 0 saturated carbocycles. The lowest BCUT2D eigenvalue weighted by Gasteiger charge is -2.15. The minimum absolute atomic E-state index is 0.225. The van der Waals surface area contributed by atoms with Crippen LogP contribution in [0, 0.1) is 0 Å². The van der Waals surface area contributed by atoms with Crippen molar-refractivity contribution >= 4 is 6.16 Å². The van der Waals surface area contributed by atoms with Gasteiger partial charge in [-0.15, -0.1) is 0 Å². The van der Waals surface area contributed by atoms with Crippen molar-refractivity contribution in [2.75, 3.05) is 19.8 Å². The lowest BCUT2D eigenvalue weighted by atomic mass is 10.1. The van der Waals surface area contributed by atoms with Crippen LogP contribution >= 0.6 is 0 Å². The number of hydrogen-bond donors (Lipinski definition) is 1. The monoisotopic (exact) mass is 506 g/mol. The summed E-state index contributed by atoms with van der Waals surface area (Å²) < 4.78 is 22.6. The van der Waals surface area contributed by atoms with Crippen molar-refractivity contribution in [1.29, 1.82) is 0 Å². The van der Waals surface area contributed by atoms with Crippen molar-refractivity contribution < 1.29 is 28.8 Å². The Hall–Kier alpha value is -3.51. The zero-order chi connectivity index (χ0) is 26.0. The van der Waals surface area contributed by atoms with Crippen LogP contribution in [0.5, 0.6) is 11.5 Å². The van der Waals surface area contributed by atoms with Gasteiger partial charge in [0.15, 0.2) is 11.5 Å². The van der Waals surface area contributed by atoms with Gasteiger partial charge in [-0.2, -0.15) is 0 Å². The number of unbranched alkanes of at least 4 members (excludes halogenated alkanes) is 5. The molecule has 0 unspecified atom stereocenters. The zero-order valence-corrected chi connectivity index (χ0v) is 21.5. The quantitative estimate of drug-likeness (QED) is 0.159. The highest BCUT2D eigenvalue weighted by molar-refractivity contribution is 5.59. The molecule has 0 aliphatic heterocycles. The lowest BCUT2D eigenvalue weighted by molar-refractivity contribution is 0.0548. The predicted molar refractivity (Wildman–Crippen MR) is 144 cm³/mol. The normalized spacial score (nSPS) is 10.6. The van der Waals surface area contributed by atoms with Gasteiger partial charge in [-0.05, 0) is 41.7 Å². The van der Waals surface area contributed by atoms with E-state index in [4.69, 9.17) is 24.1 Å². The standard InChI is InChI=1S/C31H38O6/c32-20-11-3-1-2-4-12-21-34-31(33)35-22-19-26-17-18-29(36-24-27-13-7-5-8-14-27)30(23-26)37-25-28-15-9-6-10-16-28/h5-10,13-18,23,32H,1-4,11-12,19-22,24-25H2. The van der Waals surface area contributed by atoms with E-state index in [1.54, 1.807) is 0 Å². The van der Waals surface area contributed by atoms with E-state index >= 15 is 0 Å². The number of ether oxygens (including phenoxy) is 4. The molecule has 6 nitrogen and oxygen atoms in total. The first-order chi connectivity index (χ1) is 18.2. The van der Waals surface area contributed by atoms with E-state index in [0.29, 0.717) is 37.7 Å². The number of rotatable bonds is 17. The second kappa shape index (κ2) is 17.0. The second-order valence-corrected chi connectivity index (χ2v) is 8.87. The highest BCUT2D eigenvalue weighted by atomic mass is 16.7. The number of carbonyl (C=O) groups excluding carboxylic acids is 1. The zero-order valence-electron chi connectivity index (χ0n) is 21.5. The molecular formula is C31H38O6. The van der Waals surface area contributed by atoms with Crippen molar-refractivity contribution in [2.24, 2.45) is 0 Å². The molecule has 0 aliphatic rings. The average molecular weight is 507 g/mol. The summed E-state index contributed by atoms with van der Waals surface area (Å²) in [6, 6.07) is 25.8. The van der Waals surface area contributed by atoms with Crippen LogP contribution in [-0.2, 0) is 29.1 Å². The van der Waals surface area contributed by atoms with Crippen molar-refractivity contribution in [3.8, 4) is 11.5 Å². The van der Waals surface area contributed by atoms with Gasteiger partial charge in [0.05, 0.1) is 13.2 Å². The van der Waals surface area contributed by atoms with Gasteiger partial charge < -0.3 is 24.1 Å². The molecule has 37 heavy (non-hydrogen) atoms. The summed E-state index contributed by atoms with van der Waals surface area (Å²) in [5, 5.41) is 8.78. The lowest BCUT2D eigenvalue weighted by Crippen LogP contribution is -2.11. The second-order valence-electron chi connectivity index (χ2n) is 8.87. The first-order valence-electron chi connectivity index (χ1n) is 13.1. The maximum absolute atomic E-state index is 11.9. The number of benzene rings is 3. The van der Waals surface area contributed by atoms with Crippen LogP contribution in [0.25, 0.3) is 0 Å². The summed E-state index contributed by atoms with van der Waals surface area (Å²) in [7, 11) is 0. The maximum Gasteiger partial charge on any atom is 0.508 e. The molecule has 3 rings (SSSR count). The molecule has 6 heteroatoms. The summed E-state index contributed by atoms with van der Waals surface area (Å²) in [5.41, 5.74) is 3.12. The summed E-state index contributed by atoms with van der Waals surface area (Å²) in [6.45, 7) is 1.71. The van der Waals surface area contributed by atoms with Crippen molar-refractivity contribution in [3.05, 3.63) is 95.6 Å². The van der Waals surface area contributed by atoms with Crippen LogP contribution in [0.2, 0.25) is 0 Å². The Bertz CT molecular complexity index is 1020. The van der Waals surface area contributed by atoms with Crippen LogP contribution in [0.4, 0.5) is 4.79 Å². The Morgan fingerprint density at radius 1 is 0.595 bits per heavy atom. The fourth-order valence-electron chi connectivity index (χ4n) is 3.78. The van der Waals surface area contributed by atoms with Crippen LogP contribution in [-0.4, -0.2) is 31.1 Å². The number of carbonyl (C=O) groups is 1. The average Bonchev–Trinajstić information content (AvgIpc) is 2.94. The van der Waals surface area contributed by atoms with Gasteiger partial charge in [0.2, 0.25) is 0 Å². The van der Waals surface area contributed by atoms with E-state index in [9.17, 15) is 4.79 Å².